The number of nitrogens with one attached hydrogen (secondary N) is 1. The molecular weight excluding hydrogens is 297 g/mol. The lowest BCUT2D eigenvalue weighted by Gasteiger charge is -2.17. The Labute approximate surface area is 124 Å². The Morgan fingerprint density at radius 3 is 2.62 bits per heavy atom. The number of carbonyl (C=O) groups is 1. The molecule has 1 aromatic carbocycles. The number of nitrogens with zero attached hydrogens (tertiary/aromatic N) is 1. The molecule has 0 radical (unpaired) electrons. The molecule has 0 heterocycles. The molecule has 0 aromatic heterocycles. The molecule has 0 spiro atoms. The van der Waals surface area contributed by atoms with Crippen LogP contribution in [-0.4, -0.2) is 44.5 Å². The molecule has 0 unspecified atom stereocenters. The Hall–Kier alpha value is -1.67. The van der Waals surface area contributed by atoms with Crippen LogP contribution < -0.4 is 11.1 Å². The van der Waals surface area contributed by atoms with Crippen molar-refractivity contribution in [3.63, 3.8) is 0 Å². The van der Waals surface area contributed by atoms with Crippen LogP contribution in [0, 0.1) is 5.82 Å². The van der Waals surface area contributed by atoms with Gasteiger partial charge in [0, 0.05) is 25.3 Å². The molecule has 8 heteroatoms. The van der Waals surface area contributed by atoms with Gasteiger partial charge in [-0.1, -0.05) is 6.92 Å². The van der Waals surface area contributed by atoms with Crippen LogP contribution in [-0.2, 0) is 10.0 Å². The minimum atomic E-state index is -3.23. The summed E-state index contributed by atoms with van der Waals surface area (Å²) in [5.74, 6) is -1.23. The van der Waals surface area contributed by atoms with Gasteiger partial charge in [-0.05, 0) is 24.6 Å². The van der Waals surface area contributed by atoms with E-state index < -0.39 is 21.7 Å². The van der Waals surface area contributed by atoms with E-state index in [1.807, 2.05) is 0 Å². The van der Waals surface area contributed by atoms with Crippen molar-refractivity contribution < 1.29 is 17.6 Å². The molecule has 0 atom stereocenters. The number of nitrogen functional groups attached to an aromatic ring is 1. The molecule has 0 aliphatic heterocycles. The van der Waals surface area contributed by atoms with E-state index in [0.717, 1.165) is 12.3 Å². The summed E-state index contributed by atoms with van der Waals surface area (Å²) in [4.78, 5) is 11.8. The molecule has 0 fully saturated rings. The van der Waals surface area contributed by atoms with Crippen LogP contribution in [0.3, 0.4) is 0 Å². The van der Waals surface area contributed by atoms with Crippen molar-refractivity contribution in [1.82, 2.24) is 9.62 Å². The second kappa shape index (κ2) is 7.37. The molecule has 0 saturated heterocycles. The molecule has 0 saturated carbocycles. The van der Waals surface area contributed by atoms with Crippen molar-refractivity contribution in [2.24, 2.45) is 0 Å². The van der Waals surface area contributed by atoms with Crippen molar-refractivity contribution in [3.8, 4) is 0 Å². The lowest BCUT2D eigenvalue weighted by molar-refractivity contribution is 0.0949. The third-order valence-corrected chi connectivity index (χ3v) is 4.31. The highest BCUT2D eigenvalue weighted by Crippen LogP contribution is 2.11. The fourth-order valence-electron chi connectivity index (χ4n) is 1.83. The predicted molar refractivity (Wildman–Crippen MR) is 79.9 cm³/mol. The van der Waals surface area contributed by atoms with Crippen LogP contribution in [0.4, 0.5) is 10.1 Å². The Kier molecular flexibility index (Phi) is 6.10. The summed E-state index contributed by atoms with van der Waals surface area (Å²) >= 11 is 0. The summed E-state index contributed by atoms with van der Waals surface area (Å²) in [7, 11) is -3.23. The van der Waals surface area contributed by atoms with E-state index in [0.29, 0.717) is 19.5 Å². The summed E-state index contributed by atoms with van der Waals surface area (Å²) < 4.78 is 37.6. The zero-order valence-electron chi connectivity index (χ0n) is 12.1. The number of rotatable bonds is 7. The van der Waals surface area contributed by atoms with E-state index in [1.165, 1.54) is 16.4 Å². The molecule has 1 amide bonds. The maximum atomic E-state index is 13.5. The molecule has 0 bridgehead atoms. The van der Waals surface area contributed by atoms with E-state index in [2.05, 4.69) is 5.32 Å². The van der Waals surface area contributed by atoms with Crippen LogP contribution in [0.15, 0.2) is 18.2 Å². The molecular formula is C13H20FN3O3S. The predicted octanol–water partition coefficient (Wildman–Crippen LogP) is 0.809. The molecule has 1 rings (SSSR count). The molecule has 3 N–H and O–H groups in total. The standard InChI is InChI=1S/C13H20FN3O3S/c1-3-17(21(2,19)20)8-4-7-16-13(18)11-6-5-10(15)9-12(11)14/h5-6,9H,3-4,7-8,15H2,1-2H3,(H,16,18). The molecule has 6 nitrogen and oxygen atoms in total. The summed E-state index contributed by atoms with van der Waals surface area (Å²) in [5, 5.41) is 2.55. The Bertz CT molecular complexity index is 605. The smallest absolute Gasteiger partial charge is 0.254 e. The Balaban J connectivity index is 2.47. The first-order valence-corrected chi connectivity index (χ1v) is 8.39. The van der Waals surface area contributed by atoms with E-state index in [1.54, 1.807) is 6.92 Å². The van der Waals surface area contributed by atoms with Crippen molar-refractivity contribution in [3.05, 3.63) is 29.6 Å². The van der Waals surface area contributed by atoms with Gasteiger partial charge in [0.15, 0.2) is 0 Å². The van der Waals surface area contributed by atoms with Gasteiger partial charge in [0.25, 0.3) is 5.91 Å². The van der Waals surface area contributed by atoms with Crippen LogP contribution in [0.1, 0.15) is 23.7 Å². The van der Waals surface area contributed by atoms with Gasteiger partial charge < -0.3 is 11.1 Å². The quantitative estimate of drug-likeness (QED) is 0.575. The maximum absolute atomic E-state index is 13.5. The van der Waals surface area contributed by atoms with E-state index in [-0.39, 0.29) is 17.8 Å². The second-order valence-corrected chi connectivity index (χ2v) is 6.59. The molecule has 118 valence electrons. The van der Waals surface area contributed by atoms with Crippen molar-refractivity contribution in [1.29, 1.82) is 0 Å². The number of hydrogen-bond donors (Lipinski definition) is 2. The van der Waals surface area contributed by atoms with E-state index in [4.69, 9.17) is 5.73 Å². The zero-order chi connectivity index (χ0) is 16.0. The lowest BCUT2D eigenvalue weighted by atomic mass is 10.2. The van der Waals surface area contributed by atoms with Gasteiger partial charge in [-0.3, -0.25) is 4.79 Å². The average molecular weight is 317 g/mol. The fraction of sp³-hybridized carbons (Fsp3) is 0.462. The lowest BCUT2D eigenvalue weighted by Crippen LogP contribution is -2.33. The van der Waals surface area contributed by atoms with Gasteiger partial charge in [-0.25, -0.2) is 17.1 Å². The van der Waals surface area contributed by atoms with E-state index >= 15 is 0 Å². The monoisotopic (exact) mass is 317 g/mol. The number of nitrogens with two attached hydrogens (primary N) is 1. The molecule has 0 aliphatic carbocycles. The SMILES string of the molecule is CCN(CCCNC(=O)c1ccc(N)cc1F)S(C)(=O)=O. The zero-order valence-corrected chi connectivity index (χ0v) is 12.9. The first kappa shape index (κ1) is 17.4. The second-order valence-electron chi connectivity index (χ2n) is 4.60. The minimum Gasteiger partial charge on any atom is -0.399 e. The van der Waals surface area contributed by atoms with Crippen molar-refractivity contribution in [2.45, 2.75) is 13.3 Å². The number of sulfonamides is 1. The first-order valence-electron chi connectivity index (χ1n) is 6.54. The number of anilines is 1. The van der Waals surface area contributed by atoms with Crippen LogP contribution >= 0.6 is 0 Å². The summed E-state index contributed by atoms with van der Waals surface area (Å²) in [6.07, 6.45) is 1.59. The third kappa shape index (κ3) is 5.31. The minimum absolute atomic E-state index is 0.0836. The highest BCUT2D eigenvalue weighted by atomic mass is 32.2. The van der Waals surface area contributed by atoms with Crippen LogP contribution in [0.2, 0.25) is 0 Å². The van der Waals surface area contributed by atoms with E-state index in [9.17, 15) is 17.6 Å². The average Bonchev–Trinajstić information content (AvgIpc) is 2.36. The van der Waals surface area contributed by atoms with Gasteiger partial charge in [0.1, 0.15) is 5.82 Å². The number of hydrogen-bond acceptors (Lipinski definition) is 4. The van der Waals surface area contributed by atoms with Crippen molar-refractivity contribution in [2.75, 3.05) is 31.6 Å². The summed E-state index contributed by atoms with van der Waals surface area (Å²) in [6.45, 7) is 2.68. The topological polar surface area (TPSA) is 92.5 Å². The Morgan fingerprint density at radius 2 is 2.10 bits per heavy atom. The normalized spacial score (nSPS) is 11.6. The Morgan fingerprint density at radius 1 is 1.43 bits per heavy atom. The first-order chi connectivity index (χ1) is 9.75. The summed E-state index contributed by atoms with van der Waals surface area (Å²) in [6, 6.07) is 3.84. The fourth-order valence-corrected chi connectivity index (χ4v) is 2.76. The van der Waals surface area contributed by atoms with Crippen LogP contribution in [0.25, 0.3) is 0 Å². The highest BCUT2D eigenvalue weighted by molar-refractivity contribution is 7.88. The third-order valence-electron chi connectivity index (χ3n) is 2.93. The van der Waals surface area contributed by atoms with Crippen LogP contribution in [0.5, 0.6) is 0 Å². The van der Waals surface area contributed by atoms with Gasteiger partial charge in [0.2, 0.25) is 10.0 Å². The number of amides is 1. The molecule has 0 aliphatic rings. The van der Waals surface area contributed by atoms with Gasteiger partial charge in [0.05, 0.1) is 11.8 Å². The maximum Gasteiger partial charge on any atom is 0.254 e. The van der Waals surface area contributed by atoms with Crippen molar-refractivity contribution >= 4 is 21.6 Å². The number of carbonyl (C=O) groups excluding carboxylic acids is 1. The molecule has 1 aromatic rings. The van der Waals surface area contributed by atoms with Gasteiger partial charge in [-0.2, -0.15) is 0 Å². The van der Waals surface area contributed by atoms with Gasteiger partial charge in [-0.15, -0.1) is 0 Å². The summed E-state index contributed by atoms with van der Waals surface area (Å²) in [5.41, 5.74) is 5.57. The number of halogens is 1. The number of benzene rings is 1. The van der Waals surface area contributed by atoms with Gasteiger partial charge >= 0.3 is 0 Å². The largest absolute Gasteiger partial charge is 0.399 e. The molecule has 21 heavy (non-hydrogen) atoms. The highest BCUT2D eigenvalue weighted by Gasteiger charge is 2.14.